The van der Waals surface area contributed by atoms with Crippen molar-refractivity contribution < 1.29 is 14.7 Å². The molecule has 1 saturated heterocycles. The van der Waals surface area contributed by atoms with Gasteiger partial charge in [0.1, 0.15) is 6.04 Å². The normalized spacial score (nSPS) is 21.1. The Hall–Kier alpha value is -0.910. The van der Waals surface area contributed by atoms with Gasteiger partial charge < -0.3 is 15.3 Å². The highest BCUT2D eigenvalue weighted by molar-refractivity contribution is 7.98. The van der Waals surface area contributed by atoms with Gasteiger partial charge in [-0.2, -0.15) is 11.8 Å². The molecule has 2 N–H and O–H groups in total. The van der Waals surface area contributed by atoms with Crippen molar-refractivity contribution in [3.05, 3.63) is 0 Å². The number of carbonyl (C=O) groups excluding carboxylic acids is 1. The summed E-state index contributed by atoms with van der Waals surface area (Å²) in [5.74, 6) is 0.475. The zero-order chi connectivity index (χ0) is 15.0. The van der Waals surface area contributed by atoms with Crippen molar-refractivity contribution >= 4 is 23.8 Å². The van der Waals surface area contributed by atoms with Crippen molar-refractivity contribution in [3.8, 4) is 0 Å². The second kappa shape index (κ2) is 9.10. The third-order valence-corrected chi connectivity index (χ3v) is 4.56. The Kier molecular flexibility index (Phi) is 7.80. The summed E-state index contributed by atoms with van der Waals surface area (Å²) in [6.45, 7) is 3.65. The van der Waals surface area contributed by atoms with E-state index in [0.29, 0.717) is 12.3 Å². The van der Waals surface area contributed by atoms with Gasteiger partial charge >= 0.3 is 12.0 Å². The molecular formula is C14H26N2O3S. The van der Waals surface area contributed by atoms with E-state index < -0.39 is 12.0 Å². The molecule has 2 atom stereocenters. The lowest BCUT2D eigenvalue weighted by molar-refractivity contribution is -0.139. The fraction of sp³-hybridized carbons (Fsp3) is 0.857. The number of nitrogens with zero attached hydrogens (tertiary/aromatic N) is 1. The van der Waals surface area contributed by atoms with Crippen LogP contribution in [0.1, 0.15) is 39.0 Å². The predicted octanol–water partition coefficient (Wildman–Crippen LogP) is 2.41. The molecule has 1 aliphatic heterocycles. The molecular weight excluding hydrogens is 276 g/mol. The summed E-state index contributed by atoms with van der Waals surface area (Å²) < 4.78 is 0. The van der Waals surface area contributed by atoms with Crippen LogP contribution in [0.15, 0.2) is 0 Å². The standard InChI is InChI=1S/C14H26N2O3S/c1-3-11-5-4-8-16(9-6-11)14(19)15-12(13(17)18)7-10-20-2/h11-12H,3-10H2,1-2H3,(H,15,19)(H,17,18). The fourth-order valence-electron chi connectivity index (χ4n) is 2.51. The number of carbonyl (C=O) groups is 2. The summed E-state index contributed by atoms with van der Waals surface area (Å²) in [6, 6.07) is -1.00. The number of aliphatic carboxylic acids is 1. The van der Waals surface area contributed by atoms with E-state index in [0.717, 1.165) is 44.5 Å². The molecule has 0 aromatic carbocycles. The molecule has 0 aromatic rings. The lowest BCUT2D eigenvalue weighted by atomic mass is 9.98. The van der Waals surface area contributed by atoms with Gasteiger partial charge in [0.2, 0.25) is 0 Å². The van der Waals surface area contributed by atoms with E-state index in [1.54, 1.807) is 16.7 Å². The van der Waals surface area contributed by atoms with Crippen LogP contribution >= 0.6 is 11.8 Å². The average Bonchev–Trinajstić information content (AvgIpc) is 2.68. The van der Waals surface area contributed by atoms with Gasteiger partial charge in [0.05, 0.1) is 0 Å². The minimum atomic E-state index is -0.950. The van der Waals surface area contributed by atoms with E-state index in [4.69, 9.17) is 5.11 Å². The number of carboxylic acids is 1. The number of carboxylic acid groups (broad SMARTS) is 1. The van der Waals surface area contributed by atoms with Crippen LogP contribution < -0.4 is 5.32 Å². The molecule has 0 spiro atoms. The summed E-state index contributed by atoms with van der Waals surface area (Å²) in [6.07, 6.45) is 6.74. The molecule has 1 fully saturated rings. The van der Waals surface area contributed by atoms with E-state index in [1.165, 1.54) is 0 Å². The van der Waals surface area contributed by atoms with Gasteiger partial charge in [-0.3, -0.25) is 0 Å². The molecule has 6 heteroatoms. The van der Waals surface area contributed by atoms with Gasteiger partial charge in [-0.15, -0.1) is 0 Å². The lowest BCUT2D eigenvalue weighted by Gasteiger charge is -2.23. The van der Waals surface area contributed by atoms with Crippen molar-refractivity contribution in [1.29, 1.82) is 0 Å². The first-order valence-electron chi connectivity index (χ1n) is 7.35. The second-order valence-electron chi connectivity index (χ2n) is 5.31. The minimum Gasteiger partial charge on any atom is -0.480 e. The molecule has 0 aliphatic carbocycles. The van der Waals surface area contributed by atoms with Crippen LogP contribution in [0.2, 0.25) is 0 Å². The summed E-state index contributed by atoms with van der Waals surface area (Å²) >= 11 is 1.59. The Morgan fingerprint density at radius 2 is 2.15 bits per heavy atom. The summed E-state index contributed by atoms with van der Waals surface area (Å²) in [4.78, 5) is 25.1. The number of thioether (sulfide) groups is 1. The number of likely N-dealkylation sites (tertiary alicyclic amines) is 1. The van der Waals surface area contributed by atoms with Crippen LogP contribution in [-0.4, -0.2) is 53.1 Å². The maximum absolute atomic E-state index is 12.2. The maximum atomic E-state index is 12.2. The molecule has 1 rings (SSSR count). The molecule has 1 aliphatic rings. The molecule has 1 heterocycles. The van der Waals surface area contributed by atoms with Crippen LogP contribution in [0.4, 0.5) is 4.79 Å². The molecule has 0 bridgehead atoms. The second-order valence-corrected chi connectivity index (χ2v) is 6.30. The SMILES string of the molecule is CCC1CCCN(C(=O)NC(CCSC)C(=O)O)CC1. The zero-order valence-corrected chi connectivity index (χ0v) is 13.2. The smallest absolute Gasteiger partial charge is 0.326 e. The van der Waals surface area contributed by atoms with Crippen molar-refractivity contribution in [2.75, 3.05) is 25.1 Å². The average molecular weight is 302 g/mol. The number of nitrogens with one attached hydrogen (secondary N) is 1. The van der Waals surface area contributed by atoms with E-state index >= 15 is 0 Å². The van der Waals surface area contributed by atoms with Crippen molar-refractivity contribution in [1.82, 2.24) is 10.2 Å². The van der Waals surface area contributed by atoms with Crippen LogP contribution in [-0.2, 0) is 4.79 Å². The number of amides is 2. The van der Waals surface area contributed by atoms with E-state index in [9.17, 15) is 9.59 Å². The first-order valence-corrected chi connectivity index (χ1v) is 8.75. The van der Waals surface area contributed by atoms with Gasteiger partial charge in [-0.05, 0) is 43.6 Å². The Morgan fingerprint density at radius 1 is 1.40 bits per heavy atom. The van der Waals surface area contributed by atoms with E-state index in [2.05, 4.69) is 12.2 Å². The predicted molar refractivity (Wildman–Crippen MR) is 82.2 cm³/mol. The van der Waals surface area contributed by atoms with Gasteiger partial charge in [0.25, 0.3) is 0 Å². The van der Waals surface area contributed by atoms with Crippen LogP contribution in [0.25, 0.3) is 0 Å². The molecule has 5 nitrogen and oxygen atoms in total. The fourth-order valence-corrected chi connectivity index (χ4v) is 2.98. The summed E-state index contributed by atoms with van der Waals surface area (Å²) in [7, 11) is 0. The van der Waals surface area contributed by atoms with Crippen molar-refractivity contribution in [3.63, 3.8) is 0 Å². The third kappa shape index (κ3) is 5.61. The van der Waals surface area contributed by atoms with Crippen LogP contribution in [0.5, 0.6) is 0 Å². The van der Waals surface area contributed by atoms with E-state index in [1.807, 2.05) is 6.26 Å². The largest absolute Gasteiger partial charge is 0.480 e. The molecule has 2 unspecified atom stereocenters. The molecule has 0 saturated carbocycles. The van der Waals surface area contributed by atoms with Crippen LogP contribution in [0.3, 0.4) is 0 Å². The lowest BCUT2D eigenvalue weighted by Crippen LogP contribution is -2.48. The molecule has 2 amide bonds. The maximum Gasteiger partial charge on any atom is 0.326 e. The Labute approximate surface area is 125 Å². The van der Waals surface area contributed by atoms with Gasteiger partial charge in [0, 0.05) is 13.1 Å². The number of urea groups is 1. The Balaban J connectivity index is 2.48. The molecule has 20 heavy (non-hydrogen) atoms. The third-order valence-electron chi connectivity index (χ3n) is 3.92. The molecule has 0 radical (unpaired) electrons. The Morgan fingerprint density at radius 3 is 2.75 bits per heavy atom. The first-order chi connectivity index (χ1) is 9.58. The summed E-state index contributed by atoms with van der Waals surface area (Å²) in [5, 5.41) is 11.8. The van der Waals surface area contributed by atoms with Crippen molar-refractivity contribution in [2.24, 2.45) is 5.92 Å². The summed E-state index contributed by atoms with van der Waals surface area (Å²) in [5.41, 5.74) is 0. The highest BCUT2D eigenvalue weighted by Crippen LogP contribution is 2.20. The van der Waals surface area contributed by atoms with Crippen molar-refractivity contribution in [2.45, 2.75) is 45.1 Å². The number of hydrogen-bond donors (Lipinski definition) is 2. The van der Waals surface area contributed by atoms with Gasteiger partial charge in [-0.1, -0.05) is 13.3 Å². The Bertz CT molecular complexity index is 326. The topological polar surface area (TPSA) is 69.6 Å². The molecule has 0 aromatic heterocycles. The monoisotopic (exact) mass is 302 g/mol. The van der Waals surface area contributed by atoms with Gasteiger partial charge in [-0.25, -0.2) is 9.59 Å². The van der Waals surface area contributed by atoms with E-state index in [-0.39, 0.29) is 6.03 Å². The number of hydrogen-bond acceptors (Lipinski definition) is 3. The quantitative estimate of drug-likeness (QED) is 0.790. The van der Waals surface area contributed by atoms with Crippen LogP contribution in [0, 0.1) is 5.92 Å². The highest BCUT2D eigenvalue weighted by atomic mass is 32.2. The first kappa shape index (κ1) is 17.1. The highest BCUT2D eigenvalue weighted by Gasteiger charge is 2.24. The zero-order valence-electron chi connectivity index (χ0n) is 12.4. The molecule has 116 valence electrons. The number of rotatable bonds is 6. The van der Waals surface area contributed by atoms with Gasteiger partial charge in [0.15, 0.2) is 0 Å². The minimum absolute atomic E-state index is 0.227.